The molecule has 0 aromatic carbocycles. The van der Waals surface area contributed by atoms with Crippen LogP contribution in [0.4, 0.5) is 13.2 Å². The SMILES string of the molecule is FC(F)(F)c1ncc2n1CCN(SS)C2. The first kappa shape index (κ1) is 11.2. The van der Waals surface area contributed by atoms with Crippen molar-refractivity contribution in [2.45, 2.75) is 19.3 Å². The van der Waals surface area contributed by atoms with Crippen LogP contribution in [0.5, 0.6) is 0 Å². The lowest BCUT2D eigenvalue weighted by Gasteiger charge is -2.26. The number of rotatable bonds is 1. The van der Waals surface area contributed by atoms with Gasteiger partial charge in [-0.25, -0.2) is 9.29 Å². The summed E-state index contributed by atoms with van der Waals surface area (Å²) in [6, 6.07) is 0. The van der Waals surface area contributed by atoms with Crippen LogP contribution in [0.2, 0.25) is 0 Å². The molecule has 0 saturated carbocycles. The van der Waals surface area contributed by atoms with Gasteiger partial charge in [-0.15, -0.1) is 0 Å². The zero-order valence-electron chi connectivity index (χ0n) is 7.53. The van der Waals surface area contributed by atoms with E-state index >= 15 is 0 Å². The highest BCUT2D eigenvalue weighted by atomic mass is 33.1. The summed E-state index contributed by atoms with van der Waals surface area (Å²) >= 11 is 4.01. The minimum absolute atomic E-state index is 0.303. The second-order valence-electron chi connectivity index (χ2n) is 3.17. The Bertz CT molecular complexity index is 363. The zero-order valence-corrected chi connectivity index (χ0v) is 9.24. The molecule has 0 radical (unpaired) electrons. The summed E-state index contributed by atoms with van der Waals surface area (Å²) in [6.07, 6.45) is -3.09. The first-order valence-corrected chi connectivity index (χ1v) is 6.03. The summed E-state index contributed by atoms with van der Waals surface area (Å²) in [6.45, 7) is 1.29. The number of halogens is 3. The molecule has 0 unspecified atom stereocenters. The number of aromatic nitrogens is 2. The van der Waals surface area contributed by atoms with Gasteiger partial charge in [-0.1, -0.05) is 11.7 Å². The highest BCUT2D eigenvalue weighted by Crippen LogP contribution is 2.31. The van der Waals surface area contributed by atoms with Gasteiger partial charge in [0.15, 0.2) is 0 Å². The molecular formula is C7H8F3N3S2. The molecule has 0 atom stereocenters. The van der Waals surface area contributed by atoms with E-state index in [9.17, 15) is 13.2 Å². The zero-order chi connectivity index (χ0) is 11.1. The lowest BCUT2D eigenvalue weighted by atomic mass is 10.3. The van der Waals surface area contributed by atoms with Gasteiger partial charge in [0.05, 0.1) is 18.4 Å². The minimum Gasteiger partial charge on any atom is -0.322 e. The van der Waals surface area contributed by atoms with Crippen LogP contribution < -0.4 is 0 Å². The van der Waals surface area contributed by atoms with Crippen LogP contribution >= 0.6 is 22.6 Å². The van der Waals surface area contributed by atoms with Gasteiger partial charge in [0.2, 0.25) is 5.82 Å². The maximum atomic E-state index is 12.5. The van der Waals surface area contributed by atoms with Gasteiger partial charge in [0, 0.05) is 13.1 Å². The fourth-order valence-corrected chi connectivity index (χ4v) is 2.33. The number of hydrogen-bond acceptors (Lipinski definition) is 4. The van der Waals surface area contributed by atoms with Crippen LogP contribution in [-0.4, -0.2) is 20.4 Å². The van der Waals surface area contributed by atoms with Crippen molar-refractivity contribution in [2.24, 2.45) is 0 Å². The first-order valence-electron chi connectivity index (χ1n) is 4.20. The lowest BCUT2D eigenvalue weighted by molar-refractivity contribution is -0.147. The van der Waals surface area contributed by atoms with Crippen molar-refractivity contribution in [3.63, 3.8) is 0 Å². The summed E-state index contributed by atoms with van der Waals surface area (Å²) < 4.78 is 40.5. The molecule has 84 valence electrons. The first-order chi connectivity index (χ1) is 7.02. The summed E-state index contributed by atoms with van der Waals surface area (Å²) in [5.74, 6) is -0.804. The molecule has 15 heavy (non-hydrogen) atoms. The van der Waals surface area contributed by atoms with Gasteiger partial charge < -0.3 is 4.57 Å². The molecule has 1 aliphatic heterocycles. The molecule has 0 amide bonds. The summed E-state index contributed by atoms with van der Waals surface area (Å²) in [7, 11) is 1.23. The molecule has 0 aliphatic carbocycles. The fourth-order valence-electron chi connectivity index (χ4n) is 1.55. The third kappa shape index (κ3) is 2.11. The van der Waals surface area contributed by atoms with Gasteiger partial charge >= 0.3 is 6.18 Å². The van der Waals surface area contributed by atoms with E-state index in [0.29, 0.717) is 25.3 Å². The van der Waals surface area contributed by atoms with Crippen LogP contribution in [0.3, 0.4) is 0 Å². The van der Waals surface area contributed by atoms with Crippen LogP contribution in [0.25, 0.3) is 0 Å². The third-order valence-corrected chi connectivity index (χ3v) is 3.45. The Hall–Kier alpha value is -0.340. The Labute approximate surface area is 93.6 Å². The van der Waals surface area contributed by atoms with Gasteiger partial charge in [0.1, 0.15) is 0 Å². The molecule has 2 rings (SSSR count). The molecule has 1 aliphatic rings. The number of fused-ring (bicyclic) bond motifs is 1. The smallest absolute Gasteiger partial charge is 0.322 e. The Balaban J connectivity index is 2.30. The van der Waals surface area contributed by atoms with E-state index in [1.54, 1.807) is 0 Å². The number of thiol groups is 1. The van der Waals surface area contributed by atoms with E-state index in [2.05, 4.69) is 16.6 Å². The number of alkyl halides is 3. The molecule has 0 spiro atoms. The molecule has 0 fully saturated rings. The van der Waals surface area contributed by atoms with Crippen LogP contribution in [0.1, 0.15) is 11.5 Å². The van der Waals surface area contributed by atoms with Crippen molar-refractivity contribution in [3.05, 3.63) is 17.7 Å². The van der Waals surface area contributed by atoms with E-state index in [4.69, 9.17) is 0 Å². The Morgan fingerprint density at radius 2 is 2.13 bits per heavy atom. The molecule has 2 heterocycles. The van der Waals surface area contributed by atoms with E-state index in [1.165, 1.54) is 21.7 Å². The van der Waals surface area contributed by atoms with E-state index < -0.39 is 12.0 Å². The highest BCUT2D eigenvalue weighted by molar-refractivity contribution is 8.67. The molecule has 1 aromatic heterocycles. The standard InChI is InChI=1S/C7H8F3N3S2/c8-7(9,10)6-11-3-5-4-12(15-14)1-2-13(5)6/h3,14H,1-2,4H2. The summed E-state index contributed by atoms with van der Waals surface area (Å²) in [4.78, 5) is 3.41. The molecule has 0 saturated heterocycles. The molecular weight excluding hydrogens is 247 g/mol. The second kappa shape index (κ2) is 3.91. The van der Waals surface area contributed by atoms with Crippen molar-refractivity contribution >= 4 is 22.6 Å². The summed E-state index contributed by atoms with van der Waals surface area (Å²) in [5, 5.41) is 0. The maximum Gasteiger partial charge on any atom is 0.449 e. The second-order valence-corrected chi connectivity index (χ2v) is 4.34. The van der Waals surface area contributed by atoms with Crippen molar-refractivity contribution in [1.82, 2.24) is 13.9 Å². The van der Waals surface area contributed by atoms with Crippen molar-refractivity contribution in [1.29, 1.82) is 0 Å². The molecule has 3 nitrogen and oxygen atoms in total. The Morgan fingerprint density at radius 3 is 2.73 bits per heavy atom. The van der Waals surface area contributed by atoms with E-state index in [0.717, 1.165) is 0 Å². The van der Waals surface area contributed by atoms with Crippen molar-refractivity contribution < 1.29 is 13.2 Å². The van der Waals surface area contributed by atoms with Gasteiger partial charge in [-0.2, -0.15) is 13.2 Å². The lowest BCUT2D eigenvalue weighted by Crippen LogP contribution is -2.30. The predicted molar refractivity (Wildman–Crippen MR) is 54.2 cm³/mol. The molecule has 1 aromatic rings. The minimum atomic E-state index is -4.37. The van der Waals surface area contributed by atoms with Crippen molar-refractivity contribution in [2.75, 3.05) is 6.54 Å². The highest BCUT2D eigenvalue weighted by Gasteiger charge is 2.38. The largest absolute Gasteiger partial charge is 0.449 e. The topological polar surface area (TPSA) is 21.1 Å². The van der Waals surface area contributed by atoms with Gasteiger partial charge in [-0.05, 0) is 11.0 Å². The molecule has 8 heteroatoms. The maximum absolute atomic E-state index is 12.5. The Kier molecular flexibility index (Phi) is 2.91. The normalized spacial score (nSPS) is 17.9. The number of nitrogens with zero attached hydrogens (tertiary/aromatic N) is 3. The van der Waals surface area contributed by atoms with Crippen LogP contribution in [0.15, 0.2) is 6.20 Å². The summed E-state index contributed by atoms with van der Waals surface area (Å²) in [5.41, 5.74) is 0.579. The van der Waals surface area contributed by atoms with E-state index in [-0.39, 0.29) is 0 Å². The van der Waals surface area contributed by atoms with Crippen LogP contribution in [0, 0.1) is 0 Å². The average molecular weight is 255 g/mol. The van der Waals surface area contributed by atoms with Gasteiger partial charge in [0.25, 0.3) is 0 Å². The molecule has 0 bridgehead atoms. The quantitative estimate of drug-likeness (QED) is 0.472. The van der Waals surface area contributed by atoms with Crippen LogP contribution in [-0.2, 0) is 19.3 Å². The number of hydrogen-bond donors (Lipinski definition) is 1. The number of imidazole rings is 1. The predicted octanol–water partition coefficient (Wildman–Crippen LogP) is 2.21. The molecule has 0 N–H and O–H groups in total. The van der Waals surface area contributed by atoms with Gasteiger partial charge in [-0.3, -0.25) is 0 Å². The third-order valence-electron chi connectivity index (χ3n) is 2.22. The Morgan fingerprint density at radius 1 is 1.40 bits per heavy atom. The van der Waals surface area contributed by atoms with E-state index in [1.807, 2.05) is 4.31 Å². The fraction of sp³-hybridized carbons (Fsp3) is 0.571. The average Bonchev–Trinajstić information content (AvgIpc) is 2.59. The van der Waals surface area contributed by atoms with Crippen molar-refractivity contribution in [3.8, 4) is 0 Å². The monoisotopic (exact) mass is 255 g/mol.